The highest BCUT2D eigenvalue weighted by Gasteiger charge is 2.43. The molecule has 0 radical (unpaired) electrons. The number of benzene rings is 2. The quantitative estimate of drug-likeness (QED) is 0.532. The van der Waals surface area contributed by atoms with Crippen LogP contribution in [0.5, 0.6) is 0 Å². The molecule has 4 heteroatoms. The smallest absolute Gasteiger partial charge is 0.226 e. The summed E-state index contributed by atoms with van der Waals surface area (Å²) >= 11 is 12.4. The maximum absolute atomic E-state index is 13.3. The first-order valence-corrected chi connectivity index (χ1v) is 10.5. The van der Waals surface area contributed by atoms with Gasteiger partial charge in [-0.3, -0.25) is 4.79 Å². The minimum atomic E-state index is -0.00525. The lowest BCUT2D eigenvalue weighted by atomic mass is 9.75. The predicted molar refractivity (Wildman–Crippen MR) is 113 cm³/mol. The Kier molecular flexibility index (Phi) is 6.49. The van der Waals surface area contributed by atoms with E-state index in [4.69, 9.17) is 23.2 Å². The molecule has 3 atom stereocenters. The van der Waals surface area contributed by atoms with Gasteiger partial charge < -0.3 is 4.90 Å². The summed E-state index contributed by atoms with van der Waals surface area (Å²) in [5.41, 5.74) is 2.33. The first-order valence-electron chi connectivity index (χ1n) is 9.79. The van der Waals surface area contributed by atoms with E-state index >= 15 is 0 Å². The van der Waals surface area contributed by atoms with Crippen LogP contribution in [0.2, 0.25) is 10.0 Å². The Hall–Kier alpha value is -1.51. The Morgan fingerprint density at radius 1 is 1.00 bits per heavy atom. The van der Waals surface area contributed by atoms with Gasteiger partial charge in [-0.05, 0) is 54.7 Å². The lowest BCUT2D eigenvalue weighted by Crippen LogP contribution is -2.50. The second kappa shape index (κ2) is 8.67. The van der Waals surface area contributed by atoms with E-state index in [0.717, 1.165) is 29.8 Å². The van der Waals surface area contributed by atoms with E-state index < -0.39 is 0 Å². The Morgan fingerprint density at radius 3 is 2.26 bits per heavy atom. The maximum atomic E-state index is 13.3. The molecule has 144 valence electrons. The van der Waals surface area contributed by atoms with Crippen LogP contribution in [-0.4, -0.2) is 16.8 Å². The van der Waals surface area contributed by atoms with Crippen molar-refractivity contribution < 1.29 is 4.79 Å². The minimum absolute atomic E-state index is 0.00173. The number of likely N-dealkylation sites (tertiary alicyclic amines) is 1. The number of carbonyl (C=O) groups is 1. The molecule has 0 N–H and O–H groups in total. The lowest BCUT2D eigenvalue weighted by molar-refractivity contribution is -0.146. The number of nitrogens with zero attached hydrogens (tertiary/aromatic N) is 1. The number of piperidine rings is 1. The SMILES string of the molecule is CCC(CC)N1C(=O)C(C)CC(c2cccc(Cl)c2)C1c1ccc(Cl)cc1. The van der Waals surface area contributed by atoms with Gasteiger partial charge in [-0.15, -0.1) is 0 Å². The van der Waals surface area contributed by atoms with Crippen LogP contribution in [0.25, 0.3) is 0 Å². The third-order valence-corrected chi connectivity index (χ3v) is 6.28. The van der Waals surface area contributed by atoms with Crippen LogP contribution in [0.4, 0.5) is 0 Å². The van der Waals surface area contributed by atoms with Gasteiger partial charge in [-0.1, -0.05) is 68.2 Å². The highest BCUT2D eigenvalue weighted by Crippen LogP contribution is 2.47. The van der Waals surface area contributed by atoms with Gasteiger partial charge in [-0.25, -0.2) is 0 Å². The molecule has 0 aliphatic carbocycles. The molecule has 1 saturated heterocycles. The standard InChI is InChI=1S/C23H27Cl2NO/c1-4-20(5-2)26-22(16-9-11-18(24)12-10-16)21(13-15(3)23(26)27)17-7-6-8-19(25)14-17/h6-12,14-15,20-22H,4-5,13H2,1-3H3. The number of carbonyl (C=O) groups excluding carboxylic acids is 1. The van der Waals surface area contributed by atoms with Gasteiger partial charge in [-0.2, -0.15) is 0 Å². The van der Waals surface area contributed by atoms with Crippen molar-refractivity contribution >= 4 is 29.1 Å². The van der Waals surface area contributed by atoms with Gasteiger partial charge in [0.05, 0.1) is 6.04 Å². The third-order valence-electron chi connectivity index (χ3n) is 5.79. The monoisotopic (exact) mass is 403 g/mol. The van der Waals surface area contributed by atoms with Gasteiger partial charge in [0, 0.05) is 27.9 Å². The Bertz CT molecular complexity index is 785. The Balaban J connectivity index is 2.14. The number of halogens is 2. The first-order chi connectivity index (χ1) is 13.0. The van der Waals surface area contributed by atoms with Crippen molar-refractivity contribution in [2.24, 2.45) is 5.92 Å². The molecular formula is C23H27Cl2NO. The van der Waals surface area contributed by atoms with E-state index in [9.17, 15) is 4.79 Å². The number of hydrogen-bond donors (Lipinski definition) is 0. The highest BCUT2D eigenvalue weighted by molar-refractivity contribution is 6.30. The second-order valence-electron chi connectivity index (χ2n) is 7.51. The molecule has 0 saturated carbocycles. The van der Waals surface area contributed by atoms with Gasteiger partial charge in [0.25, 0.3) is 0 Å². The molecular weight excluding hydrogens is 377 g/mol. The predicted octanol–water partition coefficient (Wildman–Crippen LogP) is 6.88. The molecule has 1 fully saturated rings. The van der Waals surface area contributed by atoms with E-state index in [-0.39, 0.29) is 29.8 Å². The third kappa shape index (κ3) is 4.17. The molecule has 1 aliphatic rings. The highest BCUT2D eigenvalue weighted by atomic mass is 35.5. The fourth-order valence-electron chi connectivity index (χ4n) is 4.39. The molecule has 3 rings (SSSR count). The zero-order valence-electron chi connectivity index (χ0n) is 16.2. The minimum Gasteiger partial charge on any atom is -0.332 e. The fraction of sp³-hybridized carbons (Fsp3) is 0.435. The van der Waals surface area contributed by atoms with Crippen LogP contribution < -0.4 is 0 Å². The molecule has 2 aromatic carbocycles. The average molecular weight is 404 g/mol. The van der Waals surface area contributed by atoms with Crippen molar-refractivity contribution in [3.63, 3.8) is 0 Å². The van der Waals surface area contributed by atoms with Crippen LogP contribution in [0, 0.1) is 5.92 Å². The summed E-state index contributed by atoms with van der Waals surface area (Å²) in [5, 5.41) is 1.45. The summed E-state index contributed by atoms with van der Waals surface area (Å²) in [5.74, 6) is 0.457. The van der Waals surface area contributed by atoms with Crippen molar-refractivity contribution in [3.05, 3.63) is 69.7 Å². The van der Waals surface area contributed by atoms with Crippen LogP contribution >= 0.6 is 23.2 Å². The molecule has 0 aromatic heterocycles. The first kappa shape index (κ1) is 20.2. The maximum Gasteiger partial charge on any atom is 0.226 e. The molecule has 27 heavy (non-hydrogen) atoms. The van der Waals surface area contributed by atoms with Gasteiger partial charge >= 0.3 is 0 Å². The van der Waals surface area contributed by atoms with Crippen molar-refractivity contribution in [2.45, 2.75) is 58.0 Å². The normalized spacial score (nSPS) is 23.1. The van der Waals surface area contributed by atoms with E-state index in [1.165, 1.54) is 5.56 Å². The zero-order chi connectivity index (χ0) is 19.6. The molecule has 1 heterocycles. The Labute approximate surface area is 172 Å². The van der Waals surface area contributed by atoms with Crippen LogP contribution in [0.3, 0.4) is 0 Å². The topological polar surface area (TPSA) is 20.3 Å². The molecule has 1 amide bonds. The van der Waals surface area contributed by atoms with Gasteiger partial charge in [0.15, 0.2) is 0 Å². The molecule has 1 aliphatic heterocycles. The summed E-state index contributed by atoms with van der Waals surface area (Å²) in [4.78, 5) is 15.4. The summed E-state index contributed by atoms with van der Waals surface area (Å²) in [6, 6.07) is 16.2. The fourth-order valence-corrected chi connectivity index (χ4v) is 4.72. The van der Waals surface area contributed by atoms with Gasteiger partial charge in [0.1, 0.15) is 0 Å². The number of rotatable bonds is 5. The summed E-state index contributed by atoms with van der Waals surface area (Å²) in [6.45, 7) is 6.37. The Morgan fingerprint density at radius 2 is 1.67 bits per heavy atom. The van der Waals surface area contributed by atoms with Crippen molar-refractivity contribution in [3.8, 4) is 0 Å². The molecule has 3 unspecified atom stereocenters. The number of amides is 1. The largest absolute Gasteiger partial charge is 0.332 e. The molecule has 2 aromatic rings. The van der Waals surface area contributed by atoms with Crippen molar-refractivity contribution in [1.29, 1.82) is 0 Å². The molecule has 0 spiro atoms. The lowest BCUT2D eigenvalue weighted by Gasteiger charge is -2.48. The van der Waals surface area contributed by atoms with Crippen molar-refractivity contribution in [1.82, 2.24) is 4.90 Å². The molecule has 0 bridgehead atoms. The van der Waals surface area contributed by atoms with Gasteiger partial charge in [0.2, 0.25) is 5.91 Å². The van der Waals surface area contributed by atoms with Crippen LogP contribution in [-0.2, 0) is 4.79 Å². The van der Waals surface area contributed by atoms with Crippen LogP contribution in [0.1, 0.15) is 63.1 Å². The van der Waals surface area contributed by atoms with Crippen LogP contribution in [0.15, 0.2) is 48.5 Å². The van der Waals surface area contributed by atoms with E-state index in [2.05, 4.69) is 36.9 Å². The second-order valence-corrected chi connectivity index (χ2v) is 8.38. The molecule has 2 nitrogen and oxygen atoms in total. The van der Waals surface area contributed by atoms with E-state index in [1.54, 1.807) is 0 Å². The number of hydrogen-bond acceptors (Lipinski definition) is 1. The average Bonchev–Trinajstić information content (AvgIpc) is 2.66. The zero-order valence-corrected chi connectivity index (χ0v) is 17.7. The summed E-state index contributed by atoms with van der Waals surface area (Å²) < 4.78 is 0. The van der Waals surface area contributed by atoms with E-state index in [1.807, 2.05) is 37.3 Å². The summed E-state index contributed by atoms with van der Waals surface area (Å²) in [6.07, 6.45) is 2.71. The van der Waals surface area contributed by atoms with E-state index in [0.29, 0.717) is 5.02 Å². The summed E-state index contributed by atoms with van der Waals surface area (Å²) in [7, 11) is 0. The van der Waals surface area contributed by atoms with Crippen molar-refractivity contribution in [2.75, 3.05) is 0 Å².